The molecule has 204 valence electrons. The molecule has 11 heteroatoms. The lowest BCUT2D eigenvalue weighted by Gasteiger charge is -2.20. The van der Waals surface area contributed by atoms with E-state index in [0.29, 0.717) is 57.3 Å². The van der Waals surface area contributed by atoms with Gasteiger partial charge in [-0.1, -0.05) is 0 Å². The number of rotatable bonds is 12. The molecule has 0 saturated carbocycles. The van der Waals surface area contributed by atoms with Gasteiger partial charge in [-0.05, 0) is 42.8 Å². The van der Waals surface area contributed by atoms with E-state index >= 15 is 0 Å². The number of aryl methyl sites for hydroxylation is 1. The normalized spacial score (nSPS) is 14.6. The van der Waals surface area contributed by atoms with Crippen LogP contribution in [0.25, 0.3) is 16.7 Å². The van der Waals surface area contributed by atoms with Crippen LogP contribution >= 0.6 is 0 Å². The van der Waals surface area contributed by atoms with Crippen molar-refractivity contribution in [3.05, 3.63) is 76.2 Å². The van der Waals surface area contributed by atoms with Crippen molar-refractivity contribution in [3.63, 3.8) is 0 Å². The lowest BCUT2D eigenvalue weighted by molar-refractivity contribution is 0.0136. The molecule has 1 aliphatic heterocycles. The predicted octanol–water partition coefficient (Wildman–Crippen LogP) is 3.45. The van der Waals surface area contributed by atoms with E-state index in [4.69, 9.17) is 14.2 Å². The molecular formula is C28H31FN6O4. The van der Waals surface area contributed by atoms with E-state index in [1.807, 2.05) is 19.2 Å². The first-order valence-electron chi connectivity index (χ1n) is 12.8. The summed E-state index contributed by atoms with van der Waals surface area (Å²) in [6.45, 7) is 4.77. The van der Waals surface area contributed by atoms with Gasteiger partial charge in [-0.15, -0.1) is 0 Å². The Bertz CT molecular complexity index is 1530. The number of nitrogens with zero attached hydrogens (tertiary/aromatic N) is 5. The van der Waals surface area contributed by atoms with Crippen molar-refractivity contribution in [2.24, 2.45) is 4.99 Å². The number of halogens is 1. The third kappa shape index (κ3) is 6.22. The van der Waals surface area contributed by atoms with Crippen LogP contribution < -0.4 is 10.9 Å². The molecule has 1 atom stereocenters. The van der Waals surface area contributed by atoms with E-state index in [9.17, 15) is 9.18 Å². The molecule has 1 aromatic carbocycles. The van der Waals surface area contributed by atoms with Crippen LogP contribution in [0.2, 0.25) is 0 Å². The van der Waals surface area contributed by atoms with Crippen LogP contribution in [0.4, 0.5) is 15.8 Å². The van der Waals surface area contributed by atoms with Gasteiger partial charge >= 0.3 is 0 Å². The third-order valence-electron chi connectivity index (χ3n) is 6.46. The van der Waals surface area contributed by atoms with Crippen LogP contribution in [0.5, 0.6) is 0 Å². The van der Waals surface area contributed by atoms with E-state index in [1.165, 1.54) is 22.9 Å². The Hall–Kier alpha value is -3.93. The molecule has 1 aliphatic rings. The zero-order valence-corrected chi connectivity index (χ0v) is 22.0. The van der Waals surface area contributed by atoms with Gasteiger partial charge in [0.1, 0.15) is 11.5 Å². The molecule has 0 saturated heterocycles. The van der Waals surface area contributed by atoms with Gasteiger partial charge in [0, 0.05) is 50.1 Å². The van der Waals surface area contributed by atoms with E-state index in [0.717, 1.165) is 28.0 Å². The van der Waals surface area contributed by atoms with Crippen molar-refractivity contribution < 1.29 is 18.6 Å². The SMILES string of the molecule is COCCOCCOC1C=Nc2c(NCCn3nc(-n4cc(C)c5ccc(F)cc54)ccc3=O)ccnc2C1. The molecule has 0 fully saturated rings. The van der Waals surface area contributed by atoms with Gasteiger partial charge in [-0.3, -0.25) is 19.3 Å². The van der Waals surface area contributed by atoms with E-state index in [-0.39, 0.29) is 17.5 Å². The van der Waals surface area contributed by atoms with Crippen LogP contribution in [0.15, 0.2) is 58.6 Å². The molecule has 0 spiro atoms. The van der Waals surface area contributed by atoms with Crippen LogP contribution in [0.3, 0.4) is 0 Å². The standard InChI is InChI=1S/C28H31FN6O4/c1-19-18-34(25-15-20(29)3-4-22(19)25)26-5-6-27(36)35(33-26)10-9-31-23-7-8-30-24-16-21(17-32-28(23)24)39-14-13-38-12-11-37-2/h3-8,15,17-18,21H,9-14,16H2,1-2H3,(H,30,31). The van der Waals surface area contributed by atoms with Crippen molar-refractivity contribution >= 4 is 28.5 Å². The lowest BCUT2D eigenvalue weighted by atomic mass is 10.1. The highest BCUT2D eigenvalue weighted by atomic mass is 19.1. The van der Waals surface area contributed by atoms with Gasteiger partial charge < -0.3 is 19.5 Å². The van der Waals surface area contributed by atoms with Crippen LogP contribution in [-0.2, 0) is 27.2 Å². The summed E-state index contributed by atoms with van der Waals surface area (Å²) >= 11 is 0. The van der Waals surface area contributed by atoms with Crippen LogP contribution in [-0.4, -0.2) is 71.7 Å². The van der Waals surface area contributed by atoms with Gasteiger partial charge in [0.25, 0.3) is 5.56 Å². The summed E-state index contributed by atoms with van der Waals surface area (Å²) in [5.41, 5.74) is 3.90. The number of nitrogens with one attached hydrogen (secondary N) is 1. The second-order valence-corrected chi connectivity index (χ2v) is 9.17. The molecule has 0 bridgehead atoms. The average molecular weight is 535 g/mol. The van der Waals surface area contributed by atoms with Crippen LogP contribution in [0, 0.1) is 12.7 Å². The van der Waals surface area contributed by atoms with Crippen LogP contribution in [0.1, 0.15) is 11.3 Å². The molecule has 5 rings (SSSR count). The Labute approximate surface area is 225 Å². The van der Waals surface area contributed by atoms with Crippen molar-refractivity contribution in [1.82, 2.24) is 19.3 Å². The molecule has 0 amide bonds. The number of hydrogen-bond donors (Lipinski definition) is 1. The number of methoxy groups -OCH3 is 1. The second kappa shape index (κ2) is 12.3. The number of pyridine rings is 1. The summed E-state index contributed by atoms with van der Waals surface area (Å²) in [6, 6.07) is 9.65. The first-order chi connectivity index (χ1) is 19.0. The Kier molecular flexibility index (Phi) is 8.40. The van der Waals surface area contributed by atoms with Gasteiger partial charge in [-0.2, -0.15) is 5.10 Å². The van der Waals surface area contributed by atoms with Gasteiger partial charge in [0.2, 0.25) is 0 Å². The highest BCUT2D eigenvalue weighted by molar-refractivity contribution is 5.85. The molecule has 0 radical (unpaired) electrons. The summed E-state index contributed by atoms with van der Waals surface area (Å²) in [6.07, 6.45) is 5.86. The zero-order chi connectivity index (χ0) is 27.2. The second-order valence-electron chi connectivity index (χ2n) is 9.17. The smallest absolute Gasteiger partial charge is 0.266 e. The number of ether oxygens (including phenoxy) is 3. The monoisotopic (exact) mass is 534 g/mol. The number of hydrogen-bond acceptors (Lipinski definition) is 8. The molecule has 1 N–H and O–H groups in total. The molecule has 39 heavy (non-hydrogen) atoms. The predicted molar refractivity (Wildman–Crippen MR) is 147 cm³/mol. The highest BCUT2D eigenvalue weighted by Crippen LogP contribution is 2.31. The minimum atomic E-state index is -0.326. The molecule has 4 aromatic rings. The maximum Gasteiger partial charge on any atom is 0.266 e. The molecule has 0 aliphatic carbocycles. The quantitative estimate of drug-likeness (QED) is 0.278. The molecule has 1 unspecified atom stereocenters. The van der Waals surface area contributed by atoms with Gasteiger partial charge in [-0.25, -0.2) is 9.07 Å². The average Bonchev–Trinajstić information content (AvgIpc) is 3.26. The fraction of sp³-hybridized carbons (Fsp3) is 0.357. The summed E-state index contributed by atoms with van der Waals surface area (Å²) in [7, 11) is 1.64. The number of aliphatic imine (C=N–C) groups is 1. The summed E-state index contributed by atoms with van der Waals surface area (Å²) in [5.74, 6) is 0.215. The molecule has 4 heterocycles. The first kappa shape index (κ1) is 26.7. The Balaban J connectivity index is 1.22. The maximum absolute atomic E-state index is 13.9. The van der Waals surface area contributed by atoms with Gasteiger partial charge in [0.15, 0.2) is 5.82 Å². The topological polar surface area (TPSA) is 105 Å². The highest BCUT2D eigenvalue weighted by Gasteiger charge is 2.19. The summed E-state index contributed by atoms with van der Waals surface area (Å²) < 4.78 is 33.4. The molecular weight excluding hydrogens is 503 g/mol. The fourth-order valence-corrected chi connectivity index (χ4v) is 4.52. The number of fused-ring (bicyclic) bond motifs is 2. The Morgan fingerprint density at radius 3 is 2.87 bits per heavy atom. The molecule has 3 aromatic heterocycles. The third-order valence-corrected chi connectivity index (χ3v) is 6.46. The van der Waals surface area contributed by atoms with Crippen molar-refractivity contribution in [2.45, 2.75) is 26.0 Å². The maximum atomic E-state index is 13.9. The zero-order valence-electron chi connectivity index (χ0n) is 22.0. The van der Waals surface area contributed by atoms with E-state index in [2.05, 4.69) is 20.4 Å². The van der Waals surface area contributed by atoms with Crippen molar-refractivity contribution in [1.29, 1.82) is 0 Å². The van der Waals surface area contributed by atoms with Crippen molar-refractivity contribution in [3.8, 4) is 5.82 Å². The first-order valence-corrected chi connectivity index (χ1v) is 12.8. The summed E-state index contributed by atoms with van der Waals surface area (Å²) in [4.78, 5) is 21.6. The number of benzene rings is 1. The Morgan fingerprint density at radius 1 is 1.13 bits per heavy atom. The lowest BCUT2D eigenvalue weighted by Crippen LogP contribution is -2.27. The van der Waals surface area contributed by atoms with Gasteiger partial charge in [0.05, 0.1) is 56.0 Å². The minimum Gasteiger partial charge on any atom is -0.382 e. The number of aromatic nitrogens is 4. The van der Waals surface area contributed by atoms with E-state index < -0.39 is 0 Å². The largest absolute Gasteiger partial charge is 0.382 e. The van der Waals surface area contributed by atoms with Crippen molar-refractivity contribution in [2.75, 3.05) is 45.4 Å². The summed E-state index contributed by atoms with van der Waals surface area (Å²) in [5, 5.41) is 8.83. The van der Waals surface area contributed by atoms with E-state index in [1.54, 1.807) is 36.2 Å². The minimum absolute atomic E-state index is 0.168. The molecule has 10 nitrogen and oxygen atoms in total. The number of anilines is 1. The Morgan fingerprint density at radius 2 is 2.00 bits per heavy atom. The fourth-order valence-electron chi connectivity index (χ4n) is 4.52.